The zero-order valence-electron chi connectivity index (χ0n) is 13.7. The minimum atomic E-state index is -3.88. The summed E-state index contributed by atoms with van der Waals surface area (Å²) in [5.74, 6) is -0.0847. The van der Waals surface area contributed by atoms with E-state index in [1.54, 1.807) is 7.11 Å². The van der Waals surface area contributed by atoms with E-state index in [9.17, 15) is 12.8 Å². The maximum absolute atomic E-state index is 14.0. The molecule has 5 nitrogen and oxygen atoms in total. The summed E-state index contributed by atoms with van der Waals surface area (Å²) in [6.45, 7) is 1.59. The van der Waals surface area contributed by atoms with Crippen LogP contribution in [0.4, 0.5) is 10.1 Å². The highest BCUT2D eigenvalue weighted by molar-refractivity contribution is 7.89. The smallest absolute Gasteiger partial charge is 0.246 e. The molecule has 1 saturated heterocycles. The number of anilines is 1. The monoisotopic (exact) mass is 384 g/mol. The lowest BCUT2D eigenvalue weighted by atomic mass is 10.2. The van der Waals surface area contributed by atoms with E-state index in [4.69, 9.17) is 16.3 Å². The van der Waals surface area contributed by atoms with Crippen molar-refractivity contribution in [3.05, 3.63) is 53.3 Å². The maximum atomic E-state index is 14.0. The first-order valence-corrected chi connectivity index (χ1v) is 9.58. The molecule has 1 aliphatic heterocycles. The van der Waals surface area contributed by atoms with Crippen LogP contribution in [-0.2, 0) is 10.0 Å². The first-order valence-electron chi connectivity index (χ1n) is 7.76. The second-order valence-corrected chi connectivity index (χ2v) is 8.01. The molecule has 0 atom stereocenters. The Morgan fingerprint density at radius 2 is 1.80 bits per heavy atom. The van der Waals surface area contributed by atoms with Crippen molar-refractivity contribution in [1.29, 1.82) is 0 Å². The molecule has 2 aromatic carbocycles. The minimum absolute atomic E-state index is 0.166. The Kier molecular flexibility index (Phi) is 5.17. The summed E-state index contributed by atoms with van der Waals surface area (Å²) in [6, 6.07) is 11.2. The standard InChI is InChI=1S/C17H18ClFN2O3S/c1-24-15-4-2-3-14(12-15)20-7-9-21(10-8-20)25(22,23)17-6-5-13(18)11-16(17)19/h2-6,11-12H,7-10H2,1H3. The van der Waals surface area contributed by atoms with Crippen LogP contribution in [0.3, 0.4) is 0 Å². The number of nitrogens with zero attached hydrogens (tertiary/aromatic N) is 2. The van der Waals surface area contributed by atoms with Gasteiger partial charge in [0.25, 0.3) is 0 Å². The molecule has 0 N–H and O–H groups in total. The molecule has 2 aromatic rings. The molecule has 0 aliphatic carbocycles. The lowest BCUT2D eigenvalue weighted by Crippen LogP contribution is -2.48. The van der Waals surface area contributed by atoms with Gasteiger partial charge in [0.15, 0.2) is 0 Å². The zero-order valence-corrected chi connectivity index (χ0v) is 15.2. The number of rotatable bonds is 4. The van der Waals surface area contributed by atoms with E-state index in [0.29, 0.717) is 13.1 Å². The quantitative estimate of drug-likeness (QED) is 0.813. The number of piperazine rings is 1. The summed E-state index contributed by atoms with van der Waals surface area (Å²) in [5.41, 5.74) is 0.967. The predicted molar refractivity (Wildman–Crippen MR) is 95.4 cm³/mol. The first-order chi connectivity index (χ1) is 11.9. The molecule has 134 valence electrons. The highest BCUT2D eigenvalue weighted by Crippen LogP contribution is 2.26. The number of hydrogen-bond acceptors (Lipinski definition) is 4. The van der Waals surface area contributed by atoms with E-state index < -0.39 is 15.8 Å². The number of methoxy groups -OCH3 is 1. The fourth-order valence-corrected chi connectivity index (χ4v) is 4.44. The predicted octanol–water partition coefficient (Wildman–Crippen LogP) is 3.00. The third-order valence-corrected chi connectivity index (χ3v) is 6.34. The van der Waals surface area contributed by atoms with Gasteiger partial charge in [-0.2, -0.15) is 4.31 Å². The zero-order chi connectivity index (χ0) is 18.0. The number of ether oxygens (including phenoxy) is 1. The summed E-state index contributed by atoms with van der Waals surface area (Å²) >= 11 is 5.70. The van der Waals surface area contributed by atoms with Gasteiger partial charge in [-0.05, 0) is 30.3 Å². The molecule has 0 unspecified atom stereocenters. The van der Waals surface area contributed by atoms with E-state index >= 15 is 0 Å². The molecular weight excluding hydrogens is 367 g/mol. The fourth-order valence-electron chi connectivity index (χ4n) is 2.82. The average Bonchev–Trinajstić information content (AvgIpc) is 2.61. The summed E-state index contributed by atoms with van der Waals surface area (Å²) in [7, 11) is -2.28. The summed E-state index contributed by atoms with van der Waals surface area (Å²) in [5, 5.41) is 0.166. The van der Waals surface area contributed by atoms with E-state index in [2.05, 4.69) is 4.90 Å². The normalized spacial score (nSPS) is 16.0. The minimum Gasteiger partial charge on any atom is -0.497 e. The Balaban J connectivity index is 1.75. The van der Waals surface area contributed by atoms with Crippen LogP contribution in [0, 0.1) is 5.82 Å². The Morgan fingerprint density at radius 1 is 1.08 bits per heavy atom. The Hall–Kier alpha value is -1.83. The molecule has 1 heterocycles. The van der Waals surface area contributed by atoms with Crippen LogP contribution in [0.1, 0.15) is 0 Å². The molecule has 0 amide bonds. The lowest BCUT2D eigenvalue weighted by Gasteiger charge is -2.35. The molecule has 0 radical (unpaired) electrons. The molecule has 0 spiro atoms. The van der Waals surface area contributed by atoms with Crippen molar-refractivity contribution in [3.63, 3.8) is 0 Å². The fraction of sp³-hybridized carbons (Fsp3) is 0.294. The Morgan fingerprint density at radius 3 is 2.44 bits per heavy atom. The van der Waals surface area contributed by atoms with Gasteiger partial charge in [-0.3, -0.25) is 0 Å². The van der Waals surface area contributed by atoms with Gasteiger partial charge < -0.3 is 9.64 Å². The van der Waals surface area contributed by atoms with Crippen LogP contribution in [0.5, 0.6) is 5.75 Å². The van der Waals surface area contributed by atoms with Gasteiger partial charge >= 0.3 is 0 Å². The number of halogens is 2. The van der Waals surface area contributed by atoms with Crippen LogP contribution in [0.25, 0.3) is 0 Å². The molecule has 1 aliphatic rings. The molecule has 8 heteroatoms. The van der Waals surface area contributed by atoms with Crippen molar-refractivity contribution >= 4 is 27.3 Å². The second kappa shape index (κ2) is 7.19. The Labute approximate surface area is 151 Å². The molecule has 25 heavy (non-hydrogen) atoms. The number of benzene rings is 2. The van der Waals surface area contributed by atoms with Crippen LogP contribution in [0.2, 0.25) is 5.02 Å². The summed E-state index contributed by atoms with van der Waals surface area (Å²) in [4.78, 5) is 1.74. The number of hydrogen-bond donors (Lipinski definition) is 0. The van der Waals surface area contributed by atoms with Gasteiger partial charge in [0, 0.05) is 43.0 Å². The van der Waals surface area contributed by atoms with Gasteiger partial charge in [0.2, 0.25) is 10.0 Å². The SMILES string of the molecule is COc1cccc(N2CCN(S(=O)(=O)c3ccc(Cl)cc3F)CC2)c1. The van der Waals surface area contributed by atoms with E-state index in [1.807, 2.05) is 24.3 Å². The topological polar surface area (TPSA) is 49.9 Å². The van der Waals surface area contributed by atoms with Crippen LogP contribution in [-0.4, -0.2) is 46.0 Å². The van der Waals surface area contributed by atoms with Crippen molar-refractivity contribution in [2.45, 2.75) is 4.90 Å². The molecule has 0 saturated carbocycles. The highest BCUT2D eigenvalue weighted by Gasteiger charge is 2.30. The van der Waals surface area contributed by atoms with Crippen LogP contribution >= 0.6 is 11.6 Å². The summed E-state index contributed by atoms with van der Waals surface area (Å²) in [6.07, 6.45) is 0. The Bertz CT molecular complexity index is 868. The molecule has 1 fully saturated rings. The van der Waals surface area contributed by atoms with Gasteiger partial charge in [0.05, 0.1) is 7.11 Å². The van der Waals surface area contributed by atoms with E-state index in [1.165, 1.54) is 16.4 Å². The maximum Gasteiger partial charge on any atom is 0.246 e. The molecule has 0 aromatic heterocycles. The van der Waals surface area contributed by atoms with Gasteiger partial charge in [-0.1, -0.05) is 17.7 Å². The van der Waals surface area contributed by atoms with Gasteiger partial charge in [0.1, 0.15) is 16.5 Å². The second-order valence-electron chi connectivity index (χ2n) is 5.67. The summed E-state index contributed by atoms with van der Waals surface area (Å²) < 4.78 is 45.9. The van der Waals surface area contributed by atoms with Gasteiger partial charge in [-0.15, -0.1) is 0 Å². The molecule has 3 rings (SSSR count). The van der Waals surface area contributed by atoms with Crippen molar-refractivity contribution in [1.82, 2.24) is 4.31 Å². The molecular formula is C17H18ClFN2O3S. The largest absolute Gasteiger partial charge is 0.497 e. The first kappa shape index (κ1) is 18.0. The van der Waals surface area contributed by atoms with Gasteiger partial charge in [-0.25, -0.2) is 12.8 Å². The van der Waals surface area contributed by atoms with Crippen LogP contribution < -0.4 is 9.64 Å². The number of sulfonamides is 1. The van der Waals surface area contributed by atoms with Crippen molar-refractivity contribution in [2.24, 2.45) is 0 Å². The van der Waals surface area contributed by atoms with E-state index in [0.717, 1.165) is 17.5 Å². The van der Waals surface area contributed by atoms with Crippen molar-refractivity contribution in [2.75, 3.05) is 38.2 Å². The van der Waals surface area contributed by atoms with Crippen molar-refractivity contribution in [3.8, 4) is 5.75 Å². The highest BCUT2D eigenvalue weighted by atomic mass is 35.5. The molecule has 0 bridgehead atoms. The lowest BCUT2D eigenvalue weighted by molar-refractivity contribution is 0.381. The van der Waals surface area contributed by atoms with E-state index in [-0.39, 0.29) is 23.0 Å². The van der Waals surface area contributed by atoms with Crippen LogP contribution in [0.15, 0.2) is 47.4 Å². The average molecular weight is 385 g/mol. The third-order valence-electron chi connectivity index (χ3n) is 4.17. The third kappa shape index (κ3) is 3.73. The van der Waals surface area contributed by atoms with Crippen molar-refractivity contribution < 1.29 is 17.5 Å².